The van der Waals surface area contributed by atoms with Gasteiger partial charge in [0.05, 0.1) is 20.3 Å². The van der Waals surface area contributed by atoms with E-state index in [2.05, 4.69) is 23.5 Å². The van der Waals surface area contributed by atoms with Crippen LogP contribution < -0.4 is 10.1 Å². The van der Waals surface area contributed by atoms with E-state index in [1.807, 2.05) is 29.5 Å². The maximum Gasteiger partial charge on any atom is 0.119 e. The molecule has 0 saturated heterocycles. The number of methoxy groups -OCH3 is 1. The predicted molar refractivity (Wildman–Crippen MR) is 85.7 cm³/mol. The second kappa shape index (κ2) is 7.07. The van der Waals surface area contributed by atoms with Crippen molar-refractivity contribution in [1.82, 2.24) is 5.32 Å². The Labute approximate surface area is 129 Å². The molecule has 1 aromatic heterocycles. The molecule has 0 radical (unpaired) electrons. The Balaban J connectivity index is 1.43. The van der Waals surface area contributed by atoms with Crippen LogP contribution in [0.25, 0.3) is 0 Å². The Bertz CT molecular complexity index is 578. The third-order valence-electron chi connectivity index (χ3n) is 3.51. The molecule has 1 fully saturated rings. The van der Waals surface area contributed by atoms with E-state index in [0.29, 0.717) is 13.2 Å². The summed E-state index contributed by atoms with van der Waals surface area (Å²) in [6.45, 7) is 2.28. The normalized spacial score (nSPS) is 14.3. The topological polar surface area (TPSA) is 30.5 Å². The lowest BCUT2D eigenvalue weighted by Crippen LogP contribution is -2.14. The first-order valence-electron chi connectivity index (χ1n) is 7.35. The Morgan fingerprint density at radius 1 is 1.14 bits per heavy atom. The summed E-state index contributed by atoms with van der Waals surface area (Å²) < 4.78 is 11.0. The molecule has 0 unspecified atom stereocenters. The highest BCUT2D eigenvalue weighted by Crippen LogP contribution is 2.22. The van der Waals surface area contributed by atoms with E-state index in [1.165, 1.54) is 22.6 Å². The van der Waals surface area contributed by atoms with Gasteiger partial charge in [0, 0.05) is 22.3 Å². The van der Waals surface area contributed by atoms with Crippen molar-refractivity contribution in [2.24, 2.45) is 0 Å². The van der Waals surface area contributed by atoms with Crippen LogP contribution in [-0.2, 0) is 24.5 Å². The first-order valence-corrected chi connectivity index (χ1v) is 8.17. The van der Waals surface area contributed by atoms with E-state index in [0.717, 1.165) is 23.9 Å². The minimum absolute atomic E-state index is 0.616. The molecule has 0 aliphatic heterocycles. The fourth-order valence-corrected chi connectivity index (χ4v) is 3.07. The third-order valence-corrected chi connectivity index (χ3v) is 4.57. The molecule has 1 aliphatic rings. The molecule has 3 nitrogen and oxygen atoms in total. The molecule has 112 valence electrons. The van der Waals surface area contributed by atoms with Crippen LogP contribution in [0.15, 0.2) is 36.4 Å². The Hall–Kier alpha value is -1.36. The monoisotopic (exact) mass is 303 g/mol. The second-order valence-corrected chi connectivity index (χ2v) is 6.62. The molecule has 0 bridgehead atoms. The molecule has 3 rings (SSSR count). The highest BCUT2D eigenvalue weighted by Gasteiger charge is 2.20. The summed E-state index contributed by atoms with van der Waals surface area (Å²) in [6, 6.07) is 13.1. The quantitative estimate of drug-likeness (QED) is 0.806. The van der Waals surface area contributed by atoms with Gasteiger partial charge >= 0.3 is 0 Å². The van der Waals surface area contributed by atoms with Crippen molar-refractivity contribution in [1.29, 1.82) is 0 Å². The molecule has 0 atom stereocenters. The summed E-state index contributed by atoms with van der Waals surface area (Å²) in [5, 5.41) is 3.54. The van der Waals surface area contributed by atoms with Gasteiger partial charge in [-0.15, -0.1) is 11.3 Å². The zero-order chi connectivity index (χ0) is 14.5. The molecule has 2 aromatic rings. The number of thiophene rings is 1. The SMILES string of the molecule is COc1cccc(COCc2ccc(CNC3CC3)s2)c1. The van der Waals surface area contributed by atoms with Crippen molar-refractivity contribution < 1.29 is 9.47 Å². The van der Waals surface area contributed by atoms with Crippen LogP contribution in [0.1, 0.15) is 28.2 Å². The standard InChI is InChI=1S/C17H21NO2S/c1-19-15-4-2-3-13(9-15)11-20-12-17-8-7-16(21-17)10-18-14-5-6-14/h2-4,7-9,14,18H,5-6,10-12H2,1H3. The maximum atomic E-state index is 5.79. The average Bonchev–Trinajstić information content (AvgIpc) is 3.24. The largest absolute Gasteiger partial charge is 0.497 e. The number of rotatable bonds is 8. The van der Waals surface area contributed by atoms with Crippen LogP contribution in [-0.4, -0.2) is 13.2 Å². The Morgan fingerprint density at radius 3 is 2.81 bits per heavy atom. The lowest BCUT2D eigenvalue weighted by molar-refractivity contribution is 0.109. The lowest BCUT2D eigenvalue weighted by atomic mass is 10.2. The molecule has 1 aromatic carbocycles. The van der Waals surface area contributed by atoms with Crippen LogP contribution in [0, 0.1) is 0 Å². The number of ether oxygens (including phenoxy) is 2. The smallest absolute Gasteiger partial charge is 0.119 e. The van der Waals surface area contributed by atoms with Crippen LogP contribution >= 0.6 is 11.3 Å². The van der Waals surface area contributed by atoms with E-state index >= 15 is 0 Å². The van der Waals surface area contributed by atoms with Crippen molar-refractivity contribution in [2.45, 2.75) is 38.6 Å². The molecular formula is C17H21NO2S. The summed E-state index contributed by atoms with van der Waals surface area (Å²) >= 11 is 1.83. The van der Waals surface area contributed by atoms with Crippen molar-refractivity contribution >= 4 is 11.3 Å². The summed E-state index contributed by atoms with van der Waals surface area (Å²) in [5.41, 5.74) is 1.14. The first kappa shape index (κ1) is 14.6. The van der Waals surface area contributed by atoms with Gasteiger partial charge in [-0.25, -0.2) is 0 Å². The van der Waals surface area contributed by atoms with Gasteiger partial charge in [0.1, 0.15) is 5.75 Å². The molecule has 21 heavy (non-hydrogen) atoms. The number of hydrogen-bond donors (Lipinski definition) is 1. The van der Waals surface area contributed by atoms with E-state index in [1.54, 1.807) is 7.11 Å². The van der Waals surface area contributed by atoms with Gasteiger partial charge in [0.2, 0.25) is 0 Å². The van der Waals surface area contributed by atoms with Gasteiger partial charge in [-0.3, -0.25) is 0 Å². The highest BCUT2D eigenvalue weighted by molar-refractivity contribution is 7.11. The van der Waals surface area contributed by atoms with E-state index in [-0.39, 0.29) is 0 Å². The van der Waals surface area contributed by atoms with Gasteiger partial charge < -0.3 is 14.8 Å². The number of nitrogens with one attached hydrogen (secondary N) is 1. The fraction of sp³-hybridized carbons (Fsp3) is 0.412. The molecule has 0 amide bonds. The van der Waals surface area contributed by atoms with Gasteiger partial charge in [0.25, 0.3) is 0 Å². The lowest BCUT2D eigenvalue weighted by Gasteiger charge is -2.05. The van der Waals surface area contributed by atoms with Crippen molar-refractivity contribution in [3.8, 4) is 5.75 Å². The first-order chi connectivity index (χ1) is 10.3. The van der Waals surface area contributed by atoms with Gasteiger partial charge in [-0.2, -0.15) is 0 Å². The van der Waals surface area contributed by atoms with E-state index in [9.17, 15) is 0 Å². The van der Waals surface area contributed by atoms with Crippen molar-refractivity contribution in [2.75, 3.05) is 7.11 Å². The highest BCUT2D eigenvalue weighted by atomic mass is 32.1. The minimum Gasteiger partial charge on any atom is -0.497 e. The zero-order valence-corrected chi connectivity index (χ0v) is 13.1. The molecule has 1 saturated carbocycles. The van der Waals surface area contributed by atoms with Crippen LogP contribution in [0.5, 0.6) is 5.75 Å². The van der Waals surface area contributed by atoms with E-state index < -0.39 is 0 Å². The molecule has 4 heteroatoms. The fourth-order valence-electron chi connectivity index (χ4n) is 2.16. The molecular weight excluding hydrogens is 282 g/mol. The molecule has 1 N–H and O–H groups in total. The number of benzene rings is 1. The van der Waals surface area contributed by atoms with Crippen LogP contribution in [0.3, 0.4) is 0 Å². The van der Waals surface area contributed by atoms with Gasteiger partial charge in [-0.1, -0.05) is 12.1 Å². The molecule has 1 aliphatic carbocycles. The Morgan fingerprint density at radius 2 is 2.00 bits per heavy atom. The van der Waals surface area contributed by atoms with Crippen LogP contribution in [0.4, 0.5) is 0 Å². The summed E-state index contributed by atoms with van der Waals surface area (Å²) in [7, 11) is 1.68. The summed E-state index contributed by atoms with van der Waals surface area (Å²) in [4.78, 5) is 2.67. The van der Waals surface area contributed by atoms with Crippen molar-refractivity contribution in [3.05, 3.63) is 51.7 Å². The summed E-state index contributed by atoms with van der Waals surface area (Å²) in [6.07, 6.45) is 2.67. The van der Waals surface area contributed by atoms with Gasteiger partial charge in [-0.05, 0) is 42.7 Å². The average molecular weight is 303 g/mol. The van der Waals surface area contributed by atoms with Gasteiger partial charge in [0.15, 0.2) is 0 Å². The molecule has 1 heterocycles. The van der Waals surface area contributed by atoms with E-state index in [4.69, 9.17) is 9.47 Å². The maximum absolute atomic E-state index is 5.79. The summed E-state index contributed by atoms with van der Waals surface area (Å²) in [5.74, 6) is 0.876. The Kier molecular flexibility index (Phi) is 4.91. The van der Waals surface area contributed by atoms with Crippen LogP contribution in [0.2, 0.25) is 0 Å². The molecule has 0 spiro atoms. The third kappa shape index (κ3) is 4.56. The second-order valence-electron chi connectivity index (χ2n) is 5.37. The zero-order valence-electron chi connectivity index (χ0n) is 12.3. The predicted octanol–water partition coefficient (Wildman–Crippen LogP) is 3.73. The minimum atomic E-state index is 0.616. The van der Waals surface area contributed by atoms with Crippen molar-refractivity contribution in [3.63, 3.8) is 0 Å². The number of hydrogen-bond acceptors (Lipinski definition) is 4.